The highest BCUT2D eigenvalue weighted by Gasteiger charge is 2.30. The minimum Gasteiger partial charge on any atom is -0.496 e. The molecule has 4 atom stereocenters. The van der Waals surface area contributed by atoms with E-state index in [1.165, 1.54) is 126 Å². The van der Waals surface area contributed by atoms with E-state index in [2.05, 4.69) is 42.5 Å². The minimum atomic E-state index is -1.33. The number of nitrogens with two attached hydrogens (primary N) is 5. The molecule has 0 bridgehead atoms. The molecular formula is C66H87N13O15. The molecule has 0 aliphatic rings. The van der Waals surface area contributed by atoms with Crippen molar-refractivity contribution in [3.63, 3.8) is 0 Å². The third-order valence-corrected chi connectivity index (χ3v) is 15.0. The number of rotatable bonds is 40. The number of nitrogens with one attached hydrogen (secondary N) is 8. The maximum Gasteiger partial charge on any atom is 0.336 e. The molecule has 0 unspecified atom stereocenters. The quantitative estimate of drug-likeness (QED) is 0.0235. The molecule has 0 aliphatic heterocycles. The van der Waals surface area contributed by atoms with Crippen LogP contribution in [0.5, 0.6) is 23.0 Å². The van der Waals surface area contributed by atoms with Gasteiger partial charge in [-0.05, 0) is 175 Å². The molecule has 0 radical (unpaired) electrons. The van der Waals surface area contributed by atoms with Crippen LogP contribution in [-0.4, -0.2) is 143 Å². The van der Waals surface area contributed by atoms with E-state index in [0.29, 0.717) is 90.4 Å². The Bertz CT molecular complexity index is 3460. The maximum atomic E-state index is 14.4. The Morgan fingerprint density at radius 1 is 0.351 bits per heavy atom. The minimum absolute atomic E-state index is 0.0241. The first-order valence-electron chi connectivity index (χ1n) is 30.9. The molecule has 506 valence electrons. The van der Waals surface area contributed by atoms with E-state index in [0.717, 1.165) is 0 Å². The number of ether oxygens (including phenoxy) is 4. The molecule has 0 fully saturated rings. The van der Waals surface area contributed by atoms with Crippen molar-refractivity contribution in [1.29, 1.82) is 0 Å². The molecule has 5 aromatic rings. The van der Waals surface area contributed by atoms with Gasteiger partial charge in [0, 0.05) is 22.7 Å². The summed E-state index contributed by atoms with van der Waals surface area (Å²) in [7, 11) is 5.37. The van der Waals surface area contributed by atoms with Crippen LogP contribution in [0, 0.1) is 0 Å². The van der Waals surface area contributed by atoms with E-state index < -0.39 is 83.3 Å². The Morgan fingerprint density at radius 2 is 0.606 bits per heavy atom. The van der Waals surface area contributed by atoms with E-state index in [1.807, 2.05) is 0 Å². The average Bonchev–Trinajstić information content (AvgIpc) is 0.920. The lowest BCUT2D eigenvalue weighted by Crippen LogP contribution is -2.44. The van der Waals surface area contributed by atoms with Gasteiger partial charge in [-0.2, -0.15) is 0 Å². The van der Waals surface area contributed by atoms with Gasteiger partial charge in [-0.3, -0.25) is 43.2 Å². The fourth-order valence-corrected chi connectivity index (χ4v) is 10.00. The van der Waals surface area contributed by atoms with Gasteiger partial charge < -0.3 is 95.3 Å². The number of anilines is 4. The average molecular weight is 1300 g/mol. The second-order valence-corrected chi connectivity index (χ2v) is 21.8. The third kappa shape index (κ3) is 22.3. The lowest BCUT2D eigenvalue weighted by Gasteiger charge is -2.22. The molecule has 28 nitrogen and oxygen atoms in total. The van der Waals surface area contributed by atoms with Crippen molar-refractivity contribution in [3.8, 4) is 23.0 Å². The number of aromatic carboxylic acids is 1. The van der Waals surface area contributed by atoms with E-state index >= 15 is 0 Å². The van der Waals surface area contributed by atoms with Crippen molar-refractivity contribution in [2.45, 2.75) is 114 Å². The van der Waals surface area contributed by atoms with Gasteiger partial charge in [0.25, 0.3) is 29.5 Å². The van der Waals surface area contributed by atoms with Crippen molar-refractivity contribution < 1.29 is 72.0 Å². The number of carbonyl (C=O) groups is 10. The lowest BCUT2D eigenvalue weighted by molar-refractivity contribution is -0.118. The van der Waals surface area contributed by atoms with Crippen molar-refractivity contribution >= 4 is 81.9 Å². The van der Waals surface area contributed by atoms with Crippen LogP contribution in [0.15, 0.2) is 97.1 Å². The third-order valence-electron chi connectivity index (χ3n) is 15.0. The summed E-state index contributed by atoms with van der Waals surface area (Å²) in [5, 5.41) is 31.7. The number of unbranched alkanes of at least 4 members (excludes halogenated alkanes) is 6. The Kier molecular flexibility index (Phi) is 30.6. The van der Waals surface area contributed by atoms with Gasteiger partial charge in [0.15, 0.2) is 0 Å². The predicted molar refractivity (Wildman–Crippen MR) is 354 cm³/mol. The molecule has 5 aromatic carbocycles. The molecule has 0 saturated heterocycles. The number of amides is 9. The summed E-state index contributed by atoms with van der Waals surface area (Å²) in [5.74, 6) is -7.32. The zero-order valence-electron chi connectivity index (χ0n) is 53.3. The fraction of sp³-hybridized carbons (Fsp3) is 0.394. The summed E-state index contributed by atoms with van der Waals surface area (Å²) >= 11 is 0. The summed E-state index contributed by atoms with van der Waals surface area (Å²) in [5.41, 5.74) is 28.6. The summed E-state index contributed by atoms with van der Waals surface area (Å²) in [4.78, 5) is 137. The number of carboxylic acids is 1. The summed E-state index contributed by atoms with van der Waals surface area (Å²) < 4.78 is 21.9. The fourth-order valence-electron chi connectivity index (χ4n) is 10.00. The first kappa shape index (κ1) is 74.6. The molecule has 28 heteroatoms. The lowest BCUT2D eigenvalue weighted by atomic mass is 10.0. The van der Waals surface area contributed by atoms with Crippen molar-refractivity contribution in [3.05, 3.63) is 130 Å². The Balaban J connectivity index is 1.36. The number of methoxy groups -OCH3 is 4. The van der Waals surface area contributed by atoms with Gasteiger partial charge in [-0.1, -0.05) is 37.8 Å². The van der Waals surface area contributed by atoms with Crippen molar-refractivity contribution in [1.82, 2.24) is 21.3 Å². The van der Waals surface area contributed by atoms with Crippen LogP contribution in [-0.2, 0) is 19.2 Å². The standard InChI is InChI=1S/C66H87N13O15/c1-91-53-27-23-39(35-45(53)57(71)80)72-65(88)52(22-12-16-34-70)79-61(84)48-37-41(25-29-56(48)94-4)74-63(86)50(20-8-6-14-32-68)77-59(82)46-36-40(24-28-54(46)92-2)73-62(85)49(19-7-5-13-31-67)78-60(83)47-38-42(26-30-55(47)93-3)75-64(87)51(21-11-15-33-69)76-58(81)43-17-9-10-18-44(43)66(89)90/h9-10,17-18,23-30,35-38,49-52H,5-8,11-16,19-22,31-34,67-70H2,1-4H3,(H2,71,80)(H,72,88)(H,73,85)(H,74,86)(H,75,87)(H,76,81)(H,77,82)(H,78,83)(H,79,84)(H,89,90)/t49-,50-,51-,52-/m0/s1. The number of carbonyl (C=O) groups excluding carboxylic acids is 9. The Morgan fingerprint density at radius 3 is 0.883 bits per heavy atom. The largest absolute Gasteiger partial charge is 0.496 e. The molecule has 19 N–H and O–H groups in total. The second kappa shape index (κ2) is 38.6. The van der Waals surface area contributed by atoms with E-state index in [-0.39, 0.29) is 105 Å². The Labute approximate surface area is 545 Å². The highest BCUT2D eigenvalue weighted by Crippen LogP contribution is 2.29. The molecule has 0 aromatic heterocycles. The highest BCUT2D eigenvalue weighted by atomic mass is 16.5. The smallest absolute Gasteiger partial charge is 0.336 e. The number of benzene rings is 5. The van der Waals surface area contributed by atoms with Gasteiger partial charge in [0.1, 0.15) is 47.2 Å². The summed E-state index contributed by atoms with van der Waals surface area (Å²) in [6.07, 6.45) is 5.95. The molecular weight excluding hydrogens is 1210 g/mol. The van der Waals surface area contributed by atoms with E-state index in [9.17, 15) is 53.1 Å². The monoisotopic (exact) mass is 1300 g/mol. The molecule has 0 aliphatic carbocycles. The number of hydrogen-bond acceptors (Lipinski definition) is 18. The van der Waals surface area contributed by atoms with Crippen LogP contribution >= 0.6 is 0 Å². The number of hydrogen-bond donors (Lipinski definition) is 14. The van der Waals surface area contributed by atoms with Crippen molar-refractivity contribution in [2.24, 2.45) is 28.7 Å². The van der Waals surface area contributed by atoms with E-state index in [4.69, 9.17) is 47.6 Å². The molecule has 0 spiro atoms. The van der Waals surface area contributed by atoms with Gasteiger partial charge in [-0.25, -0.2) is 4.79 Å². The Hall–Kier alpha value is -10.2. The van der Waals surface area contributed by atoms with E-state index in [1.54, 1.807) is 0 Å². The van der Waals surface area contributed by atoms with Crippen LogP contribution < -0.4 is 90.2 Å². The van der Waals surface area contributed by atoms with Crippen LogP contribution in [0.25, 0.3) is 0 Å². The molecule has 5 rings (SSSR count). The van der Waals surface area contributed by atoms with Gasteiger partial charge in [0.05, 0.1) is 61.8 Å². The first-order valence-corrected chi connectivity index (χ1v) is 30.9. The number of primary amides is 1. The highest BCUT2D eigenvalue weighted by molar-refractivity contribution is 6.09. The van der Waals surface area contributed by atoms with Crippen LogP contribution in [0.2, 0.25) is 0 Å². The topological polar surface area (TPSA) is 454 Å². The molecule has 9 amide bonds. The molecule has 0 heterocycles. The van der Waals surface area contributed by atoms with Crippen molar-refractivity contribution in [2.75, 3.05) is 75.9 Å². The SMILES string of the molecule is COc1ccc(NC(=O)[C@H](CCCCN)NC(=O)c2cc(NC(=O)[C@H](CCCCCN)NC(=O)c3cc(NC(=O)[C@H](CCCCCN)NC(=O)c4cc(NC(=O)[C@H](CCCCN)NC(=O)c5ccccc5C(=O)O)ccc4OC)ccc3OC)ccc2OC)cc1C(N)=O. The first-order chi connectivity index (χ1) is 45.2. The van der Waals surface area contributed by atoms with Gasteiger partial charge >= 0.3 is 5.97 Å². The maximum absolute atomic E-state index is 14.4. The second-order valence-electron chi connectivity index (χ2n) is 21.8. The van der Waals surface area contributed by atoms with Gasteiger partial charge in [-0.15, -0.1) is 0 Å². The predicted octanol–water partition coefficient (Wildman–Crippen LogP) is 4.76. The van der Waals surface area contributed by atoms with Gasteiger partial charge in [0.2, 0.25) is 23.6 Å². The van der Waals surface area contributed by atoms with Crippen LogP contribution in [0.1, 0.15) is 152 Å². The van der Waals surface area contributed by atoms with Crippen LogP contribution in [0.3, 0.4) is 0 Å². The molecule has 0 saturated carbocycles. The summed E-state index contributed by atoms with van der Waals surface area (Å²) in [6.45, 7) is 1.42. The van der Waals surface area contributed by atoms with Crippen LogP contribution in [0.4, 0.5) is 22.7 Å². The molecule has 94 heavy (non-hydrogen) atoms. The zero-order chi connectivity index (χ0) is 68.7. The zero-order valence-corrected chi connectivity index (χ0v) is 53.3. The number of carboxylic acid groups (broad SMARTS) is 1. The summed E-state index contributed by atoms with van der Waals surface area (Å²) in [6, 6.07) is 18.1. The normalized spacial score (nSPS) is 12.1.